The second kappa shape index (κ2) is 10.8. The van der Waals surface area contributed by atoms with Crippen molar-refractivity contribution in [2.24, 2.45) is 5.41 Å². The number of sulfonamides is 1. The predicted octanol–water partition coefficient (Wildman–Crippen LogP) is 2.62. The first-order chi connectivity index (χ1) is 14.1. The van der Waals surface area contributed by atoms with E-state index < -0.39 is 22.2 Å². The molecule has 1 aliphatic rings. The van der Waals surface area contributed by atoms with E-state index in [1.54, 1.807) is 0 Å². The van der Waals surface area contributed by atoms with Crippen LogP contribution < -0.4 is 0 Å². The molecule has 9 heteroatoms. The molecule has 1 aliphatic heterocycles. The van der Waals surface area contributed by atoms with Crippen molar-refractivity contribution in [1.29, 1.82) is 5.26 Å². The van der Waals surface area contributed by atoms with Crippen LogP contribution in [-0.4, -0.2) is 68.4 Å². The van der Waals surface area contributed by atoms with Crippen LogP contribution in [0.25, 0.3) is 0 Å². The van der Waals surface area contributed by atoms with Gasteiger partial charge in [-0.15, -0.1) is 0 Å². The summed E-state index contributed by atoms with van der Waals surface area (Å²) in [5.41, 5.74) is 0.636. The zero-order valence-corrected chi connectivity index (χ0v) is 18.7. The van der Waals surface area contributed by atoms with E-state index >= 15 is 0 Å². The lowest BCUT2D eigenvalue weighted by Gasteiger charge is -2.34. The van der Waals surface area contributed by atoms with Crippen LogP contribution in [0.1, 0.15) is 32.8 Å². The minimum Gasteiger partial charge on any atom is -0.445 e. The van der Waals surface area contributed by atoms with Crippen LogP contribution in [-0.2, 0) is 26.1 Å². The average molecular weight is 438 g/mol. The Kier molecular flexibility index (Phi) is 8.65. The smallest absolute Gasteiger partial charge is 0.410 e. The number of hydrogen-bond donors (Lipinski definition) is 0. The molecule has 166 valence electrons. The van der Waals surface area contributed by atoms with Crippen LogP contribution in [0.3, 0.4) is 0 Å². The summed E-state index contributed by atoms with van der Waals surface area (Å²) >= 11 is 0. The zero-order valence-electron chi connectivity index (χ0n) is 17.9. The number of carbonyl (C=O) groups excluding carboxylic acids is 1. The first kappa shape index (κ1) is 24.1. The molecule has 0 N–H and O–H groups in total. The van der Waals surface area contributed by atoms with Crippen molar-refractivity contribution in [2.75, 3.05) is 38.5 Å². The number of nitrogens with zero attached hydrogens (tertiary/aromatic N) is 3. The van der Waals surface area contributed by atoms with Crippen LogP contribution in [0, 0.1) is 16.7 Å². The molecule has 2 rings (SSSR count). The normalized spacial score (nSPS) is 17.6. The van der Waals surface area contributed by atoms with Crippen molar-refractivity contribution in [3.05, 3.63) is 35.9 Å². The number of morpholine rings is 1. The molecule has 0 spiro atoms. The Labute approximate surface area is 179 Å². The van der Waals surface area contributed by atoms with Gasteiger partial charge in [0.25, 0.3) is 0 Å². The summed E-state index contributed by atoms with van der Waals surface area (Å²) in [5, 5.41) is 8.88. The van der Waals surface area contributed by atoms with Crippen molar-refractivity contribution in [2.45, 2.75) is 39.9 Å². The molecule has 1 aromatic carbocycles. The number of amides is 1. The highest BCUT2D eigenvalue weighted by Gasteiger charge is 2.33. The van der Waals surface area contributed by atoms with Crippen molar-refractivity contribution in [1.82, 2.24) is 9.21 Å². The van der Waals surface area contributed by atoms with Gasteiger partial charge in [-0.3, -0.25) is 0 Å². The highest BCUT2D eigenvalue weighted by Crippen LogP contribution is 2.20. The minimum atomic E-state index is -3.65. The second-order valence-electron chi connectivity index (χ2n) is 8.56. The molecular weight excluding hydrogens is 406 g/mol. The van der Waals surface area contributed by atoms with Crippen LogP contribution in [0.4, 0.5) is 4.79 Å². The number of benzene rings is 1. The third-order valence-electron chi connectivity index (χ3n) is 4.52. The van der Waals surface area contributed by atoms with E-state index in [2.05, 4.69) is 0 Å². The van der Waals surface area contributed by atoms with Crippen molar-refractivity contribution in [3.63, 3.8) is 0 Å². The molecule has 0 bridgehead atoms. The molecule has 0 radical (unpaired) electrons. The maximum absolute atomic E-state index is 13.0. The highest BCUT2D eigenvalue weighted by molar-refractivity contribution is 7.89. The summed E-state index contributed by atoms with van der Waals surface area (Å²) in [6.07, 6.45) is -1.00. The Morgan fingerprint density at radius 3 is 2.67 bits per heavy atom. The number of carbonyl (C=O) groups is 1. The number of rotatable bonds is 8. The summed E-state index contributed by atoms with van der Waals surface area (Å²) in [4.78, 5) is 13.9. The molecule has 0 aliphatic carbocycles. The fraction of sp³-hybridized carbons (Fsp3) is 0.619. The van der Waals surface area contributed by atoms with Gasteiger partial charge in [0, 0.05) is 26.1 Å². The molecule has 1 unspecified atom stereocenters. The van der Waals surface area contributed by atoms with E-state index in [9.17, 15) is 13.2 Å². The van der Waals surface area contributed by atoms with Gasteiger partial charge in [0.05, 0.1) is 31.1 Å². The van der Waals surface area contributed by atoms with E-state index in [4.69, 9.17) is 14.7 Å². The number of nitriles is 1. The largest absolute Gasteiger partial charge is 0.445 e. The van der Waals surface area contributed by atoms with Crippen LogP contribution in [0.5, 0.6) is 0 Å². The predicted molar refractivity (Wildman–Crippen MR) is 113 cm³/mol. The number of hydrogen-bond acceptors (Lipinski definition) is 6. The first-order valence-corrected chi connectivity index (χ1v) is 11.6. The van der Waals surface area contributed by atoms with E-state index in [1.165, 1.54) is 9.21 Å². The third kappa shape index (κ3) is 7.94. The van der Waals surface area contributed by atoms with Crippen molar-refractivity contribution >= 4 is 16.1 Å². The van der Waals surface area contributed by atoms with Crippen molar-refractivity contribution < 1.29 is 22.7 Å². The lowest BCUT2D eigenvalue weighted by Crippen LogP contribution is -2.50. The van der Waals surface area contributed by atoms with E-state index in [0.717, 1.165) is 5.56 Å². The van der Waals surface area contributed by atoms with Gasteiger partial charge in [-0.25, -0.2) is 17.5 Å². The van der Waals surface area contributed by atoms with E-state index in [1.807, 2.05) is 57.2 Å². The van der Waals surface area contributed by atoms with Gasteiger partial charge in [0.15, 0.2) is 0 Å². The fourth-order valence-corrected chi connectivity index (χ4v) is 4.99. The molecule has 1 saturated heterocycles. The van der Waals surface area contributed by atoms with Gasteiger partial charge >= 0.3 is 6.09 Å². The molecule has 1 heterocycles. The van der Waals surface area contributed by atoms with E-state index in [-0.39, 0.29) is 43.9 Å². The highest BCUT2D eigenvalue weighted by atomic mass is 32.2. The SMILES string of the molecule is CC(C)(C)CN(CCC#N)S(=O)(=O)CC1CN(C(=O)OCc2ccccc2)CCO1. The summed E-state index contributed by atoms with van der Waals surface area (Å²) in [5.74, 6) is -0.239. The lowest BCUT2D eigenvalue weighted by atomic mass is 9.97. The molecule has 1 atom stereocenters. The third-order valence-corrected chi connectivity index (χ3v) is 6.41. The van der Waals surface area contributed by atoms with Crippen LogP contribution >= 0.6 is 0 Å². The Bertz CT molecular complexity index is 830. The minimum absolute atomic E-state index is 0.124. The van der Waals surface area contributed by atoms with Crippen LogP contribution in [0.2, 0.25) is 0 Å². The maximum atomic E-state index is 13.0. The number of ether oxygens (including phenoxy) is 2. The fourth-order valence-electron chi connectivity index (χ4n) is 3.16. The summed E-state index contributed by atoms with van der Waals surface area (Å²) in [7, 11) is -3.65. The molecule has 1 amide bonds. The topological polar surface area (TPSA) is 99.9 Å². The second-order valence-corrected chi connectivity index (χ2v) is 10.6. The van der Waals surface area contributed by atoms with Gasteiger partial charge in [-0.05, 0) is 11.0 Å². The molecule has 1 fully saturated rings. The average Bonchev–Trinajstić information content (AvgIpc) is 2.69. The monoisotopic (exact) mass is 437 g/mol. The molecule has 8 nitrogen and oxygen atoms in total. The molecule has 1 aromatic rings. The van der Waals surface area contributed by atoms with Gasteiger partial charge < -0.3 is 14.4 Å². The lowest BCUT2D eigenvalue weighted by molar-refractivity contribution is -0.0182. The van der Waals surface area contributed by atoms with Gasteiger partial charge in [0.2, 0.25) is 10.0 Å². The standard InChI is InChI=1S/C21H31N3O5S/c1-21(2,3)17-24(11-7-10-22)30(26,27)16-19-14-23(12-13-28-19)20(25)29-15-18-8-5-4-6-9-18/h4-6,8-9,19H,7,11-17H2,1-3H3. The van der Waals surface area contributed by atoms with Gasteiger partial charge in [-0.2, -0.15) is 5.26 Å². The van der Waals surface area contributed by atoms with Gasteiger partial charge in [0.1, 0.15) is 6.61 Å². The van der Waals surface area contributed by atoms with Crippen LogP contribution in [0.15, 0.2) is 30.3 Å². The Hall–Kier alpha value is -2.15. The van der Waals surface area contributed by atoms with Gasteiger partial charge in [-0.1, -0.05) is 51.1 Å². The van der Waals surface area contributed by atoms with Crippen molar-refractivity contribution in [3.8, 4) is 6.07 Å². The summed E-state index contributed by atoms with van der Waals surface area (Å²) in [6, 6.07) is 11.4. The molecule has 0 saturated carbocycles. The molecule has 30 heavy (non-hydrogen) atoms. The molecular formula is C21H31N3O5S. The Balaban J connectivity index is 1.96. The first-order valence-electron chi connectivity index (χ1n) is 10.0. The molecule has 0 aromatic heterocycles. The Morgan fingerprint density at radius 2 is 2.03 bits per heavy atom. The van der Waals surface area contributed by atoms with E-state index in [0.29, 0.717) is 13.1 Å². The quantitative estimate of drug-likeness (QED) is 0.620. The zero-order chi connectivity index (χ0) is 22.2. The maximum Gasteiger partial charge on any atom is 0.410 e. The summed E-state index contributed by atoms with van der Waals surface area (Å²) in [6.45, 7) is 7.21. The Morgan fingerprint density at radius 1 is 1.33 bits per heavy atom. The summed E-state index contributed by atoms with van der Waals surface area (Å²) < 4.78 is 38.3.